The van der Waals surface area contributed by atoms with Gasteiger partial charge in [-0.2, -0.15) is 0 Å². The van der Waals surface area contributed by atoms with Crippen molar-refractivity contribution in [2.75, 3.05) is 32.7 Å². The lowest BCUT2D eigenvalue weighted by Gasteiger charge is -2.39. The molecule has 1 amide bonds. The van der Waals surface area contributed by atoms with Gasteiger partial charge in [-0.1, -0.05) is 6.92 Å². The Labute approximate surface area is 135 Å². The Hall–Kier alpha value is -0.320. The van der Waals surface area contributed by atoms with Crippen LogP contribution in [-0.2, 0) is 4.79 Å². The fourth-order valence-corrected chi connectivity index (χ4v) is 4.30. The molecular weight excluding hydrogens is 286 g/mol. The van der Waals surface area contributed by atoms with Gasteiger partial charge in [-0.3, -0.25) is 9.69 Å². The van der Waals surface area contributed by atoms with E-state index in [1.807, 2.05) is 0 Å². The number of fused-ring (bicyclic) bond motifs is 1. The Morgan fingerprint density at radius 1 is 1.19 bits per heavy atom. The number of carbonyl (C=O) groups is 1. The summed E-state index contributed by atoms with van der Waals surface area (Å²) in [5.41, 5.74) is 0. The van der Waals surface area contributed by atoms with Crippen molar-refractivity contribution in [3.05, 3.63) is 0 Å². The zero-order valence-corrected chi connectivity index (χ0v) is 14.0. The molecule has 122 valence electrons. The van der Waals surface area contributed by atoms with Crippen molar-refractivity contribution in [3.63, 3.8) is 0 Å². The number of carbonyl (C=O) groups excluding carboxylic acids is 1. The lowest BCUT2D eigenvalue weighted by Crippen LogP contribution is -2.51. The van der Waals surface area contributed by atoms with Crippen LogP contribution in [0.4, 0.5) is 0 Å². The van der Waals surface area contributed by atoms with E-state index in [1.165, 1.54) is 38.6 Å². The molecule has 0 radical (unpaired) electrons. The van der Waals surface area contributed by atoms with Gasteiger partial charge in [0.1, 0.15) is 0 Å². The summed E-state index contributed by atoms with van der Waals surface area (Å²) >= 11 is 0. The number of nitrogens with zero attached hydrogens (tertiary/aromatic N) is 2. The zero-order valence-electron chi connectivity index (χ0n) is 13.2. The summed E-state index contributed by atoms with van der Waals surface area (Å²) in [5.74, 6) is 1.15. The van der Waals surface area contributed by atoms with Crippen molar-refractivity contribution in [2.45, 2.75) is 57.5 Å². The molecule has 3 atom stereocenters. The zero-order chi connectivity index (χ0) is 13.9. The fraction of sp³-hybridized carbons (Fsp3) is 0.938. The van der Waals surface area contributed by atoms with Gasteiger partial charge in [0.2, 0.25) is 5.91 Å². The average molecular weight is 316 g/mol. The van der Waals surface area contributed by atoms with Gasteiger partial charge in [0, 0.05) is 31.7 Å². The molecular formula is C16H30ClN3O. The highest BCUT2D eigenvalue weighted by Crippen LogP contribution is 2.25. The largest absolute Gasteiger partial charge is 0.339 e. The molecule has 3 rings (SSSR count). The summed E-state index contributed by atoms with van der Waals surface area (Å²) in [5, 5.41) is 3.59. The Bertz CT molecular complexity index is 352. The molecule has 0 aliphatic carbocycles. The Morgan fingerprint density at radius 3 is 2.86 bits per heavy atom. The number of piperidine rings is 2. The predicted molar refractivity (Wildman–Crippen MR) is 87.8 cm³/mol. The first-order chi connectivity index (χ1) is 9.78. The summed E-state index contributed by atoms with van der Waals surface area (Å²) in [7, 11) is 0. The summed E-state index contributed by atoms with van der Waals surface area (Å²) in [6.07, 6.45) is 7.31. The van der Waals surface area contributed by atoms with Crippen molar-refractivity contribution in [1.82, 2.24) is 15.1 Å². The summed E-state index contributed by atoms with van der Waals surface area (Å²) < 4.78 is 0. The molecule has 0 aromatic carbocycles. The van der Waals surface area contributed by atoms with Gasteiger partial charge in [0.05, 0.1) is 6.54 Å². The van der Waals surface area contributed by atoms with Gasteiger partial charge in [-0.15, -0.1) is 12.4 Å². The van der Waals surface area contributed by atoms with Crippen LogP contribution in [-0.4, -0.2) is 60.5 Å². The third kappa shape index (κ3) is 3.91. The van der Waals surface area contributed by atoms with Crippen LogP contribution in [0, 0.1) is 5.92 Å². The van der Waals surface area contributed by atoms with E-state index in [-0.39, 0.29) is 12.4 Å². The molecule has 3 fully saturated rings. The van der Waals surface area contributed by atoms with E-state index < -0.39 is 0 Å². The van der Waals surface area contributed by atoms with Gasteiger partial charge >= 0.3 is 0 Å². The molecule has 0 aromatic heterocycles. The van der Waals surface area contributed by atoms with Crippen molar-refractivity contribution < 1.29 is 4.79 Å². The second-order valence-corrected chi connectivity index (χ2v) is 6.78. The molecule has 0 saturated carbocycles. The van der Waals surface area contributed by atoms with Gasteiger partial charge < -0.3 is 10.2 Å². The topological polar surface area (TPSA) is 35.6 Å². The van der Waals surface area contributed by atoms with Crippen LogP contribution in [0.15, 0.2) is 0 Å². The van der Waals surface area contributed by atoms with Crippen LogP contribution in [0.3, 0.4) is 0 Å². The van der Waals surface area contributed by atoms with Crippen molar-refractivity contribution in [1.29, 1.82) is 0 Å². The average Bonchev–Trinajstić information content (AvgIpc) is 2.94. The molecule has 5 heteroatoms. The number of rotatable bonds is 3. The van der Waals surface area contributed by atoms with E-state index >= 15 is 0 Å². The first kappa shape index (κ1) is 17.0. The van der Waals surface area contributed by atoms with Crippen LogP contribution < -0.4 is 5.32 Å². The molecule has 3 saturated heterocycles. The van der Waals surface area contributed by atoms with E-state index in [4.69, 9.17) is 0 Å². The predicted octanol–water partition coefficient (Wildman–Crippen LogP) is 1.88. The Kier molecular flexibility index (Phi) is 6.33. The highest BCUT2D eigenvalue weighted by molar-refractivity contribution is 5.85. The van der Waals surface area contributed by atoms with E-state index in [2.05, 4.69) is 22.0 Å². The molecule has 3 aliphatic rings. The van der Waals surface area contributed by atoms with Crippen LogP contribution in [0.1, 0.15) is 45.4 Å². The van der Waals surface area contributed by atoms with Crippen LogP contribution in [0.25, 0.3) is 0 Å². The van der Waals surface area contributed by atoms with Gasteiger partial charge in [0.15, 0.2) is 0 Å². The Balaban J connectivity index is 0.00000161. The molecule has 21 heavy (non-hydrogen) atoms. The van der Waals surface area contributed by atoms with E-state index in [0.29, 0.717) is 18.5 Å². The number of halogens is 1. The molecule has 0 bridgehead atoms. The lowest BCUT2D eigenvalue weighted by atomic mass is 9.93. The van der Waals surface area contributed by atoms with E-state index in [1.54, 1.807) is 0 Å². The van der Waals surface area contributed by atoms with E-state index in [9.17, 15) is 4.79 Å². The molecule has 1 N–H and O–H groups in total. The molecule has 0 aromatic rings. The van der Waals surface area contributed by atoms with Crippen molar-refractivity contribution >= 4 is 18.3 Å². The number of amides is 1. The maximum absolute atomic E-state index is 12.6. The smallest absolute Gasteiger partial charge is 0.236 e. The summed E-state index contributed by atoms with van der Waals surface area (Å²) in [6.45, 7) is 7.23. The first-order valence-corrected chi connectivity index (χ1v) is 8.53. The van der Waals surface area contributed by atoms with Crippen molar-refractivity contribution in [3.8, 4) is 0 Å². The number of hydrogen-bond donors (Lipinski definition) is 1. The lowest BCUT2D eigenvalue weighted by molar-refractivity contribution is -0.136. The van der Waals surface area contributed by atoms with E-state index in [0.717, 1.165) is 38.0 Å². The summed E-state index contributed by atoms with van der Waals surface area (Å²) in [4.78, 5) is 17.2. The third-order valence-corrected chi connectivity index (χ3v) is 5.52. The minimum absolute atomic E-state index is 0. The standard InChI is InChI=1S/C16H29N3O.ClH/c1-2-14-5-3-4-9-19(14)16(20)12-18-10-7-15-13(11-18)6-8-17-15;/h13-15,17H,2-12H2,1H3;1H. The molecule has 3 aliphatic heterocycles. The molecule has 3 heterocycles. The van der Waals surface area contributed by atoms with Crippen LogP contribution in [0.2, 0.25) is 0 Å². The number of nitrogens with one attached hydrogen (secondary N) is 1. The minimum atomic E-state index is 0. The third-order valence-electron chi connectivity index (χ3n) is 5.52. The normalized spacial score (nSPS) is 33.4. The highest BCUT2D eigenvalue weighted by atomic mass is 35.5. The van der Waals surface area contributed by atoms with Gasteiger partial charge in [-0.25, -0.2) is 0 Å². The SMILES string of the molecule is CCC1CCCCN1C(=O)CN1CCC2NCCC2C1.Cl. The quantitative estimate of drug-likeness (QED) is 0.864. The van der Waals surface area contributed by atoms with Crippen molar-refractivity contribution in [2.24, 2.45) is 5.92 Å². The molecule has 4 nitrogen and oxygen atoms in total. The molecule has 0 spiro atoms. The number of hydrogen-bond acceptors (Lipinski definition) is 3. The minimum Gasteiger partial charge on any atom is -0.339 e. The second-order valence-electron chi connectivity index (χ2n) is 6.78. The van der Waals surface area contributed by atoms with Crippen LogP contribution >= 0.6 is 12.4 Å². The summed E-state index contributed by atoms with van der Waals surface area (Å²) in [6, 6.07) is 1.22. The maximum atomic E-state index is 12.6. The van der Waals surface area contributed by atoms with Gasteiger partial charge in [0.25, 0.3) is 0 Å². The molecule has 3 unspecified atom stereocenters. The second kappa shape index (κ2) is 7.80. The van der Waals surface area contributed by atoms with Crippen LogP contribution in [0.5, 0.6) is 0 Å². The Morgan fingerprint density at radius 2 is 2.05 bits per heavy atom. The first-order valence-electron chi connectivity index (χ1n) is 8.53. The number of likely N-dealkylation sites (tertiary alicyclic amines) is 2. The fourth-order valence-electron chi connectivity index (χ4n) is 4.30. The van der Waals surface area contributed by atoms with Gasteiger partial charge in [-0.05, 0) is 51.0 Å². The maximum Gasteiger partial charge on any atom is 0.236 e. The monoisotopic (exact) mass is 315 g/mol. The highest BCUT2D eigenvalue weighted by Gasteiger charge is 2.34.